The van der Waals surface area contributed by atoms with Crippen LogP contribution in [0.2, 0.25) is 0 Å². The third-order valence-corrected chi connectivity index (χ3v) is 5.43. The van der Waals surface area contributed by atoms with Gasteiger partial charge < -0.3 is 15.4 Å². The Hall–Kier alpha value is -1.45. The summed E-state index contributed by atoms with van der Waals surface area (Å²) in [6, 6.07) is 0. The van der Waals surface area contributed by atoms with E-state index in [1.54, 1.807) is 0 Å². The van der Waals surface area contributed by atoms with Gasteiger partial charge in [0.15, 0.2) is 5.88 Å². The third-order valence-electron chi connectivity index (χ3n) is 5.43. The molecule has 22 heavy (non-hydrogen) atoms. The lowest BCUT2D eigenvalue weighted by Gasteiger charge is -2.45. The molecule has 2 aliphatic carbocycles. The molecule has 0 bridgehead atoms. The van der Waals surface area contributed by atoms with Crippen molar-refractivity contribution in [3.8, 4) is 0 Å². The second kappa shape index (κ2) is 5.64. The van der Waals surface area contributed by atoms with Crippen LogP contribution in [0.15, 0.2) is 23.6 Å². The normalized spacial score (nSPS) is 24.6. The van der Waals surface area contributed by atoms with Crippen molar-refractivity contribution in [1.29, 1.82) is 0 Å². The fraction of sp³-hybridized carbons (Fsp3) is 0.722. The fourth-order valence-corrected chi connectivity index (χ4v) is 3.07. The number of rotatable bonds is 7. The Morgan fingerprint density at radius 3 is 2.59 bits per heavy atom. The Kier molecular flexibility index (Phi) is 3.96. The van der Waals surface area contributed by atoms with Crippen molar-refractivity contribution < 1.29 is 9.53 Å². The first-order valence-electron chi connectivity index (χ1n) is 8.55. The molecule has 0 saturated heterocycles. The van der Waals surface area contributed by atoms with Crippen LogP contribution in [0.25, 0.3) is 0 Å². The molecule has 2 fully saturated rings. The zero-order chi connectivity index (χ0) is 15.9. The Bertz CT molecular complexity index is 515. The summed E-state index contributed by atoms with van der Waals surface area (Å²) >= 11 is 0. The molecule has 1 heterocycles. The van der Waals surface area contributed by atoms with Crippen LogP contribution in [-0.2, 0) is 9.53 Å². The van der Waals surface area contributed by atoms with Crippen molar-refractivity contribution >= 4 is 5.91 Å². The number of ether oxygens (including phenoxy) is 1. The quantitative estimate of drug-likeness (QED) is 0.787. The van der Waals surface area contributed by atoms with E-state index in [0.717, 1.165) is 12.5 Å². The summed E-state index contributed by atoms with van der Waals surface area (Å²) in [6.07, 6.45) is 9.30. The van der Waals surface area contributed by atoms with Gasteiger partial charge in [-0.25, -0.2) is 0 Å². The van der Waals surface area contributed by atoms with Crippen molar-refractivity contribution in [3.05, 3.63) is 23.6 Å². The number of allylic oxidation sites excluding steroid dienone is 2. The van der Waals surface area contributed by atoms with Crippen molar-refractivity contribution in [3.63, 3.8) is 0 Å². The maximum absolute atomic E-state index is 12.2. The van der Waals surface area contributed by atoms with E-state index in [1.807, 2.05) is 6.92 Å². The summed E-state index contributed by atoms with van der Waals surface area (Å²) in [5, 5.41) is 0. The maximum atomic E-state index is 12.2. The molecule has 0 aromatic rings. The van der Waals surface area contributed by atoms with E-state index in [-0.39, 0.29) is 11.8 Å². The molecule has 0 radical (unpaired) electrons. The standard InChI is InChI=1S/C18H28N2O2/c1-12(2)18(3,17(19)21)20-10-4-5-15(14-8-9-14)16(20)22-11-13-6-7-13/h4-5,12-14H,6-11H2,1-3H3,(H2,19,21). The Morgan fingerprint density at radius 2 is 2.09 bits per heavy atom. The average molecular weight is 304 g/mol. The fourth-order valence-electron chi connectivity index (χ4n) is 3.07. The van der Waals surface area contributed by atoms with Crippen LogP contribution in [0.5, 0.6) is 0 Å². The molecule has 3 aliphatic rings. The zero-order valence-electron chi connectivity index (χ0n) is 14.0. The van der Waals surface area contributed by atoms with Gasteiger partial charge in [0.05, 0.1) is 6.61 Å². The van der Waals surface area contributed by atoms with Gasteiger partial charge in [0.2, 0.25) is 5.91 Å². The first kappa shape index (κ1) is 15.4. The first-order valence-corrected chi connectivity index (χ1v) is 8.55. The molecule has 4 heteroatoms. The van der Waals surface area contributed by atoms with Gasteiger partial charge in [0.25, 0.3) is 0 Å². The predicted molar refractivity (Wildman–Crippen MR) is 86.7 cm³/mol. The summed E-state index contributed by atoms with van der Waals surface area (Å²) in [5.41, 5.74) is 6.33. The molecule has 3 rings (SSSR count). The lowest BCUT2D eigenvalue weighted by molar-refractivity contribution is -0.132. The molecule has 1 atom stereocenters. The molecule has 2 saturated carbocycles. The van der Waals surface area contributed by atoms with Crippen LogP contribution >= 0.6 is 0 Å². The van der Waals surface area contributed by atoms with Gasteiger partial charge in [-0.15, -0.1) is 0 Å². The summed E-state index contributed by atoms with van der Waals surface area (Å²) in [4.78, 5) is 14.3. The molecular formula is C18H28N2O2. The van der Waals surface area contributed by atoms with E-state index in [9.17, 15) is 4.79 Å². The molecule has 0 spiro atoms. The van der Waals surface area contributed by atoms with Crippen LogP contribution in [-0.4, -0.2) is 29.5 Å². The number of hydrogen-bond donors (Lipinski definition) is 1. The van der Waals surface area contributed by atoms with Gasteiger partial charge in [-0.3, -0.25) is 4.79 Å². The van der Waals surface area contributed by atoms with Crippen LogP contribution in [0.1, 0.15) is 46.5 Å². The van der Waals surface area contributed by atoms with E-state index in [0.29, 0.717) is 18.4 Å². The zero-order valence-corrected chi connectivity index (χ0v) is 14.0. The van der Waals surface area contributed by atoms with E-state index in [1.165, 1.54) is 31.3 Å². The molecule has 1 amide bonds. The molecule has 122 valence electrons. The second-order valence-electron chi connectivity index (χ2n) is 7.47. The average Bonchev–Trinajstić information content (AvgIpc) is 3.37. The largest absolute Gasteiger partial charge is 0.479 e. The topological polar surface area (TPSA) is 55.6 Å². The molecule has 0 aromatic heterocycles. The van der Waals surface area contributed by atoms with Gasteiger partial charge in [-0.05, 0) is 50.4 Å². The van der Waals surface area contributed by atoms with Crippen molar-refractivity contribution in [1.82, 2.24) is 4.90 Å². The first-order chi connectivity index (χ1) is 10.4. The summed E-state index contributed by atoms with van der Waals surface area (Å²) in [5.74, 6) is 2.04. The minimum absolute atomic E-state index is 0.122. The highest BCUT2D eigenvalue weighted by Crippen LogP contribution is 2.43. The van der Waals surface area contributed by atoms with Crippen LogP contribution < -0.4 is 5.73 Å². The SMILES string of the molecule is CC(C)C(C)(C(N)=O)N1CC=CC(C2CC2)=C1OCC1CC1. The summed E-state index contributed by atoms with van der Waals surface area (Å²) < 4.78 is 6.23. The second-order valence-corrected chi connectivity index (χ2v) is 7.47. The van der Waals surface area contributed by atoms with Crippen LogP contribution in [0, 0.1) is 17.8 Å². The Labute approximate surface area is 133 Å². The highest BCUT2D eigenvalue weighted by molar-refractivity contribution is 5.85. The predicted octanol–water partition coefficient (Wildman–Crippen LogP) is 2.81. The van der Waals surface area contributed by atoms with Gasteiger partial charge in [-0.2, -0.15) is 0 Å². The van der Waals surface area contributed by atoms with E-state index in [4.69, 9.17) is 10.5 Å². The van der Waals surface area contributed by atoms with E-state index in [2.05, 4.69) is 30.9 Å². The van der Waals surface area contributed by atoms with Crippen LogP contribution in [0.4, 0.5) is 0 Å². The van der Waals surface area contributed by atoms with Crippen LogP contribution in [0.3, 0.4) is 0 Å². The molecule has 1 unspecified atom stereocenters. The van der Waals surface area contributed by atoms with E-state index >= 15 is 0 Å². The van der Waals surface area contributed by atoms with Gasteiger partial charge in [0, 0.05) is 12.1 Å². The van der Waals surface area contributed by atoms with Crippen molar-refractivity contribution in [2.45, 2.75) is 52.0 Å². The number of carbonyl (C=O) groups is 1. The number of nitrogens with two attached hydrogens (primary N) is 1. The highest BCUT2D eigenvalue weighted by atomic mass is 16.5. The summed E-state index contributed by atoms with van der Waals surface area (Å²) in [6.45, 7) is 7.51. The lowest BCUT2D eigenvalue weighted by atomic mass is 9.84. The highest BCUT2D eigenvalue weighted by Gasteiger charge is 2.45. The minimum Gasteiger partial charge on any atom is -0.479 e. The Balaban J connectivity index is 1.93. The van der Waals surface area contributed by atoms with Gasteiger partial charge in [0.1, 0.15) is 5.54 Å². The molecule has 2 N–H and O–H groups in total. The Morgan fingerprint density at radius 1 is 1.41 bits per heavy atom. The lowest BCUT2D eigenvalue weighted by Crippen LogP contribution is -2.59. The number of nitrogens with zero attached hydrogens (tertiary/aromatic N) is 1. The third kappa shape index (κ3) is 2.75. The van der Waals surface area contributed by atoms with Gasteiger partial charge >= 0.3 is 0 Å². The molecular weight excluding hydrogens is 276 g/mol. The van der Waals surface area contributed by atoms with E-state index < -0.39 is 5.54 Å². The minimum atomic E-state index is -0.718. The molecule has 0 aromatic carbocycles. The van der Waals surface area contributed by atoms with Crippen molar-refractivity contribution in [2.24, 2.45) is 23.5 Å². The van der Waals surface area contributed by atoms with Crippen molar-refractivity contribution in [2.75, 3.05) is 13.2 Å². The number of hydrogen-bond acceptors (Lipinski definition) is 3. The number of primary amides is 1. The molecule has 1 aliphatic heterocycles. The molecule has 4 nitrogen and oxygen atoms in total. The van der Waals surface area contributed by atoms with Gasteiger partial charge in [-0.1, -0.05) is 26.0 Å². The summed E-state index contributed by atoms with van der Waals surface area (Å²) in [7, 11) is 0. The number of carbonyl (C=O) groups excluding carboxylic acids is 1. The number of amides is 1. The maximum Gasteiger partial charge on any atom is 0.243 e. The monoisotopic (exact) mass is 304 g/mol. The smallest absolute Gasteiger partial charge is 0.243 e.